The molecule has 1 heterocycles. The molecule has 0 radical (unpaired) electrons. The second kappa shape index (κ2) is 4.74. The van der Waals surface area contributed by atoms with E-state index in [9.17, 15) is 4.39 Å². The van der Waals surface area contributed by atoms with E-state index >= 15 is 0 Å². The van der Waals surface area contributed by atoms with Crippen LogP contribution in [0.25, 0.3) is 0 Å². The lowest BCUT2D eigenvalue weighted by molar-refractivity contribution is 0.613. The average molecular weight is 235 g/mol. The van der Waals surface area contributed by atoms with Gasteiger partial charge in [0.2, 0.25) is 0 Å². The summed E-state index contributed by atoms with van der Waals surface area (Å²) in [7, 11) is 0. The van der Waals surface area contributed by atoms with Gasteiger partial charge in [0.15, 0.2) is 0 Å². The molecule has 2 aromatic rings. The van der Waals surface area contributed by atoms with Crippen LogP contribution < -0.4 is 0 Å². The molecule has 0 fully saturated rings. The summed E-state index contributed by atoms with van der Waals surface area (Å²) in [5.74, 6) is 0.286. The topological polar surface area (TPSA) is 12.9 Å². The second-order valence-corrected chi connectivity index (χ2v) is 5.03. The lowest BCUT2D eigenvalue weighted by Gasteiger charge is -2.00. The first-order valence-electron chi connectivity index (χ1n) is 5.34. The molecule has 2 rings (SSSR count). The monoisotopic (exact) mass is 235 g/mol. The minimum atomic E-state index is -0.149. The summed E-state index contributed by atoms with van der Waals surface area (Å²) in [6.45, 7) is 4.23. The Hall–Kier alpha value is -1.22. The van der Waals surface area contributed by atoms with Crippen LogP contribution in [0, 0.1) is 5.82 Å². The van der Waals surface area contributed by atoms with Crippen molar-refractivity contribution in [3.05, 3.63) is 51.7 Å². The molecule has 0 aliphatic heterocycles. The minimum Gasteiger partial charge on any atom is -0.246 e. The van der Waals surface area contributed by atoms with Gasteiger partial charge in [0.1, 0.15) is 5.82 Å². The summed E-state index contributed by atoms with van der Waals surface area (Å²) in [5.41, 5.74) is 1.81. The van der Waals surface area contributed by atoms with Gasteiger partial charge in [0.05, 0.1) is 10.7 Å². The highest BCUT2D eigenvalue weighted by Crippen LogP contribution is 2.21. The number of hydrogen-bond acceptors (Lipinski definition) is 2. The quantitative estimate of drug-likeness (QED) is 0.783. The summed E-state index contributed by atoms with van der Waals surface area (Å²) in [6, 6.07) is 6.87. The van der Waals surface area contributed by atoms with Gasteiger partial charge in [-0.15, -0.1) is 11.3 Å². The summed E-state index contributed by atoms with van der Waals surface area (Å²) in [5, 5.41) is 3.04. The van der Waals surface area contributed by atoms with Crippen LogP contribution in [0.15, 0.2) is 29.6 Å². The van der Waals surface area contributed by atoms with E-state index in [1.54, 1.807) is 17.4 Å². The number of aromatic nitrogens is 1. The van der Waals surface area contributed by atoms with Gasteiger partial charge in [-0.25, -0.2) is 9.37 Å². The van der Waals surface area contributed by atoms with Crippen molar-refractivity contribution < 1.29 is 4.39 Å². The maximum atomic E-state index is 13.4. The Labute approximate surface area is 99.0 Å². The molecule has 0 N–H and O–H groups in total. The highest BCUT2D eigenvalue weighted by molar-refractivity contribution is 7.09. The largest absolute Gasteiger partial charge is 0.246 e. The molecule has 16 heavy (non-hydrogen) atoms. The van der Waals surface area contributed by atoms with Crippen LogP contribution in [-0.2, 0) is 6.42 Å². The Kier molecular flexibility index (Phi) is 3.34. The average Bonchev–Trinajstić information content (AvgIpc) is 2.70. The van der Waals surface area contributed by atoms with Crippen LogP contribution >= 0.6 is 11.3 Å². The summed E-state index contributed by atoms with van der Waals surface area (Å²) >= 11 is 1.60. The van der Waals surface area contributed by atoms with Crippen molar-refractivity contribution in [1.29, 1.82) is 0 Å². The van der Waals surface area contributed by atoms with Crippen molar-refractivity contribution in [2.24, 2.45) is 0 Å². The fourth-order valence-corrected chi connectivity index (χ4v) is 2.45. The maximum absolute atomic E-state index is 13.4. The molecule has 84 valence electrons. The summed E-state index contributed by atoms with van der Waals surface area (Å²) in [4.78, 5) is 4.50. The van der Waals surface area contributed by atoms with Crippen LogP contribution in [0.4, 0.5) is 4.39 Å². The second-order valence-electron chi connectivity index (χ2n) is 4.09. The first-order valence-corrected chi connectivity index (χ1v) is 6.22. The third kappa shape index (κ3) is 2.47. The predicted molar refractivity (Wildman–Crippen MR) is 65.4 cm³/mol. The van der Waals surface area contributed by atoms with E-state index in [-0.39, 0.29) is 5.82 Å². The Morgan fingerprint density at radius 1 is 1.31 bits per heavy atom. The highest BCUT2D eigenvalue weighted by Gasteiger charge is 2.08. The number of hydrogen-bond donors (Lipinski definition) is 0. The summed E-state index contributed by atoms with van der Waals surface area (Å²) in [6.07, 6.45) is 0.587. The molecule has 3 heteroatoms. The molecule has 0 spiro atoms. The standard InChI is InChI=1S/C13H14FNS/c1-9(2)12-8-16-13(15-12)7-10-5-3-4-6-11(10)14/h3-6,8-9H,7H2,1-2H3. The third-order valence-corrected chi connectivity index (χ3v) is 3.33. The number of nitrogens with zero attached hydrogens (tertiary/aromatic N) is 1. The van der Waals surface area contributed by atoms with Crippen LogP contribution in [-0.4, -0.2) is 4.98 Å². The smallest absolute Gasteiger partial charge is 0.126 e. The molecule has 0 bridgehead atoms. The van der Waals surface area contributed by atoms with Crippen molar-refractivity contribution in [3.8, 4) is 0 Å². The first-order chi connectivity index (χ1) is 7.66. The molecule has 1 aromatic heterocycles. The Bertz CT molecular complexity index is 476. The molecule has 0 unspecified atom stereocenters. The van der Waals surface area contributed by atoms with E-state index in [2.05, 4.69) is 24.2 Å². The SMILES string of the molecule is CC(C)c1csc(Cc2ccccc2F)n1. The van der Waals surface area contributed by atoms with E-state index in [1.807, 2.05) is 12.1 Å². The van der Waals surface area contributed by atoms with Gasteiger partial charge in [-0.1, -0.05) is 32.0 Å². The zero-order valence-electron chi connectivity index (χ0n) is 9.40. The van der Waals surface area contributed by atoms with E-state index in [1.165, 1.54) is 6.07 Å². The molecule has 1 aromatic carbocycles. The van der Waals surface area contributed by atoms with Crippen molar-refractivity contribution in [2.45, 2.75) is 26.2 Å². The van der Waals surface area contributed by atoms with E-state index in [4.69, 9.17) is 0 Å². The highest BCUT2D eigenvalue weighted by atomic mass is 32.1. The number of benzene rings is 1. The van der Waals surface area contributed by atoms with Gasteiger partial charge in [0.25, 0.3) is 0 Å². The van der Waals surface area contributed by atoms with E-state index in [0.29, 0.717) is 17.9 Å². The molecule has 0 atom stereocenters. The van der Waals surface area contributed by atoms with Gasteiger partial charge in [-0.05, 0) is 17.5 Å². The molecule has 0 aliphatic rings. The Morgan fingerprint density at radius 2 is 2.06 bits per heavy atom. The normalized spacial score (nSPS) is 11.0. The van der Waals surface area contributed by atoms with E-state index in [0.717, 1.165) is 10.7 Å². The molecular weight excluding hydrogens is 221 g/mol. The van der Waals surface area contributed by atoms with Gasteiger partial charge in [-0.3, -0.25) is 0 Å². The van der Waals surface area contributed by atoms with Gasteiger partial charge >= 0.3 is 0 Å². The van der Waals surface area contributed by atoms with Crippen LogP contribution in [0.1, 0.15) is 36.0 Å². The van der Waals surface area contributed by atoms with Crippen LogP contribution in [0.3, 0.4) is 0 Å². The predicted octanol–water partition coefficient (Wildman–Crippen LogP) is 4.00. The zero-order valence-corrected chi connectivity index (χ0v) is 10.2. The van der Waals surface area contributed by atoms with Crippen molar-refractivity contribution in [2.75, 3.05) is 0 Å². The minimum absolute atomic E-state index is 0.149. The van der Waals surface area contributed by atoms with Crippen molar-refractivity contribution >= 4 is 11.3 Å². The van der Waals surface area contributed by atoms with Gasteiger partial charge in [-0.2, -0.15) is 0 Å². The van der Waals surface area contributed by atoms with Crippen LogP contribution in [0.2, 0.25) is 0 Å². The molecule has 0 saturated carbocycles. The van der Waals surface area contributed by atoms with Crippen molar-refractivity contribution in [3.63, 3.8) is 0 Å². The van der Waals surface area contributed by atoms with Crippen molar-refractivity contribution in [1.82, 2.24) is 4.98 Å². The lowest BCUT2D eigenvalue weighted by atomic mass is 10.1. The third-order valence-electron chi connectivity index (χ3n) is 2.46. The zero-order chi connectivity index (χ0) is 11.5. The number of halogens is 1. The molecule has 0 amide bonds. The first kappa shape index (κ1) is 11.3. The van der Waals surface area contributed by atoms with Gasteiger partial charge < -0.3 is 0 Å². The Balaban J connectivity index is 2.18. The molecule has 0 aliphatic carbocycles. The summed E-state index contributed by atoms with van der Waals surface area (Å²) < 4.78 is 13.4. The fourth-order valence-electron chi connectivity index (χ4n) is 1.48. The Morgan fingerprint density at radius 3 is 2.69 bits per heavy atom. The number of thiazole rings is 1. The molecule has 0 saturated heterocycles. The number of rotatable bonds is 3. The van der Waals surface area contributed by atoms with Gasteiger partial charge in [0, 0.05) is 11.8 Å². The molecular formula is C13H14FNS. The van der Waals surface area contributed by atoms with Crippen LogP contribution in [0.5, 0.6) is 0 Å². The lowest BCUT2D eigenvalue weighted by Crippen LogP contribution is -1.93. The molecule has 1 nitrogen and oxygen atoms in total. The maximum Gasteiger partial charge on any atom is 0.126 e. The fraction of sp³-hybridized carbons (Fsp3) is 0.308. The van der Waals surface area contributed by atoms with E-state index < -0.39 is 0 Å².